The van der Waals surface area contributed by atoms with Crippen LogP contribution in [0.25, 0.3) is 10.8 Å². The molecule has 0 saturated carbocycles. The molecule has 0 aromatic heterocycles. The van der Waals surface area contributed by atoms with Crippen LogP contribution >= 0.6 is 0 Å². The zero-order valence-electron chi connectivity index (χ0n) is 12.6. The fraction of sp³-hybridized carbons (Fsp3) is 0.389. The molecule has 1 aliphatic rings. The van der Waals surface area contributed by atoms with Crippen LogP contribution in [-0.4, -0.2) is 12.0 Å². The van der Waals surface area contributed by atoms with Gasteiger partial charge >= 0.3 is 0 Å². The van der Waals surface area contributed by atoms with E-state index in [1.807, 2.05) is 0 Å². The fourth-order valence-electron chi connectivity index (χ4n) is 2.68. The van der Waals surface area contributed by atoms with Gasteiger partial charge in [-0.15, -0.1) is 0 Å². The second-order valence-electron chi connectivity index (χ2n) is 5.53. The van der Waals surface area contributed by atoms with Crippen molar-refractivity contribution in [3.63, 3.8) is 0 Å². The van der Waals surface area contributed by atoms with Crippen molar-refractivity contribution in [3.05, 3.63) is 48.0 Å². The summed E-state index contributed by atoms with van der Waals surface area (Å²) in [6, 6.07) is 14.8. The van der Waals surface area contributed by atoms with E-state index in [1.54, 1.807) is 0 Å². The molecule has 110 valence electrons. The number of hydrogen-bond acceptors (Lipinski definition) is 3. The minimum absolute atomic E-state index is 0.00390. The highest BCUT2D eigenvalue weighted by Gasteiger charge is 2.23. The van der Waals surface area contributed by atoms with E-state index in [4.69, 9.17) is 9.57 Å². The van der Waals surface area contributed by atoms with Gasteiger partial charge in [0.25, 0.3) is 0 Å². The summed E-state index contributed by atoms with van der Waals surface area (Å²) in [6.07, 6.45) is 2.62. The zero-order valence-corrected chi connectivity index (χ0v) is 12.6. The number of hydrogen-bond donors (Lipinski definition) is 0. The Labute approximate surface area is 125 Å². The standard InChI is InChI=1S/C18H21NO2/c1-3-6-17-12-18(21-19-17)20-13(2)15-10-9-14-7-4-5-8-16(14)11-15/h4-5,7-11,13,18H,3,6,12H2,1-2H3/t13-,18+/m0/s1. The largest absolute Gasteiger partial charge is 0.363 e. The van der Waals surface area contributed by atoms with Gasteiger partial charge in [0.15, 0.2) is 0 Å². The summed E-state index contributed by atoms with van der Waals surface area (Å²) in [4.78, 5) is 5.36. The Morgan fingerprint density at radius 2 is 2.05 bits per heavy atom. The molecule has 0 N–H and O–H groups in total. The van der Waals surface area contributed by atoms with E-state index in [-0.39, 0.29) is 12.4 Å². The molecular formula is C18H21NO2. The van der Waals surface area contributed by atoms with Gasteiger partial charge in [-0.25, -0.2) is 0 Å². The van der Waals surface area contributed by atoms with E-state index in [1.165, 1.54) is 16.3 Å². The van der Waals surface area contributed by atoms with Gasteiger partial charge in [-0.3, -0.25) is 0 Å². The van der Waals surface area contributed by atoms with Crippen molar-refractivity contribution in [1.29, 1.82) is 0 Å². The molecule has 0 fully saturated rings. The molecule has 3 rings (SSSR count). The lowest BCUT2D eigenvalue weighted by molar-refractivity contribution is -0.152. The van der Waals surface area contributed by atoms with E-state index >= 15 is 0 Å². The van der Waals surface area contributed by atoms with Crippen LogP contribution in [0.5, 0.6) is 0 Å². The third-order valence-corrected chi connectivity index (χ3v) is 3.84. The smallest absolute Gasteiger partial charge is 0.232 e. The molecule has 0 bridgehead atoms. The summed E-state index contributed by atoms with van der Waals surface area (Å²) >= 11 is 0. The topological polar surface area (TPSA) is 30.8 Å². The first kappa shape index (κ1) is 14.1. The highest BCUT2D eigenvalue weighted by molar-refractivity contribution is 5.85. The van der Waals surface area contributed by atoms with Crippen LogP contribution in [0.1, 0.15) is 44.8 Å². The number of ether oxygens (including phenoxy) is 1. The fourth-order valence-corrected chi connectivity index (χ4v) is 2.68. The first-order valence-corrected chi connectivity index (χ1v) is 7.62. The van der Waals surface area contributed by atoms with Gasteiger partial charge in [0.05, 0.1) is 18.2 Å². The molecule has 2 aromatic carbocycles. The van der Waals surface area contributed by atoms with Crippen molar-refractivity contribution in [2.45, 2.75) is 45.5 Å². The Morgan fingerprint density at radius 3 is 2.86 bits per heavy atom. The number of benzene rings is 2. The number of rotatable bonds is 5. The lowest BCUT2D eigenvalue weighted by Crippen LogP contribution is -2.15. The molecule has 0 radical (unpaired) electrons. The molecule has 2 atom stereocenters. The Kier molecular flexibility index (Phi) is 4.20. The zero-order chi connectivity index (χ0) is 14.7. The van der Waals surface area contributed by atoms with Gasteiger partial charge in [0.1, 0.15) is 0 Å². The van der Waals surface area contributed by atoms with Crippen LogP contribution < -0.4 is 0 Å². The Morgan fingerprint density at radius 1 is 1.24 bits per heavy atom. The molecule has 0 spiro atoms. The van der Waals surface area contributed by atoms with Gasteiger partial charge in [-0.1, -0.05) is 54.9 Å². The third-order valence-electron chi connectivity index (χ3n) is 3.84. The quantitative estimate of drug-likeness (QED) is 0.787. The normalized spacial score (nSPS) is 19.3. The monoisotopic (exact) mass is 283 g/mol. The van der Waals surface area contributed by atoms with E-state index in [9.17, 15) is 0 Å². The Bertz CT molecular complexity index is 650. The van der Waals surface area contributed by atoms with Gasteiger partial charge < -0.3 is 9.57 Å². The van der Waals surface area contributed by atoms with E-state index < -0.39 is 0 Å². The van der Waals surface area contributed by atoms with Gasteiger partial charge in [-0.2, -0.15) is 0 Å². The van der Waals surface area contributed by atoms with E-state index in [2.05, 4.69) is 61.5 Å². The molecule has 3 nitrogen and oxygen atoms in total. The number of nitrogens with zero attached hydrogens (tertiary/aromatic N) is 1. The number of fused-ring (bicyclic) bond motifs is 1. The molecule has 0 saturated heterocycles. The van der Waals surface area contributed by atoms with E-state index in [0.29, 0.717) is 0 Å². The summed E-state index contributed by atoms with van der Waals surface area (Å²) < 4.78 is 5.99. The molecule has 3 heteroatoms. The van der Waals surface area contributed by atoms with Crippen LogP contribution in [0.15, 0.2) is 47.6 Å². The molecule has 1 aliphatic heterocycles. The Balaban J connectivity index is 1.66. The van der Waals surface area contributed by atoms with Crippen molar-refractivity contribution in [1.82, 2.24) is 0 Å². The second kappa shape index (κ2) is 6.27. The van der Waals surface area contributed by atoms with Crippen molar-refractivity contribution < 1.29 is 9.57 Å². The third kappa shape index (κ3) is 3.24. The SMILES string of the molecule is CCCC1=NO[C@@H](O[C@@H](C)c2ccc3ccccc3c2)C1. The molecule has 1 heterocycles. The predicted molar refractivity (Wildman–Crippen MR) is 85.3 cm³/mol. The van der Waals surface area contributed by atoms with Gasteiger partial charge in [-0.05, 0) is 35.7 Å². The maximum absolute atomic E-state index is 5.99. The second-order valence-corrected chi connectivity index (χ2v) is 5.53. The summed E-state index contributed by atoms with van der Waals surface area (Å²) in [6.45, 7) is 4.21. The molecule has 2 aromatic rings. The molecule has 0 unspecified atom stereocenters. The minimum atomic E-state index is -0.243. The van der Waals surface area contributed by atoms with E-state index in [0.717, 1.165) is 25.0 Å². The molecule has 0 aliphatic carbocycles. The van der Waals surface area contributed by atoms with Crippen LogP contribution in [-0.2, 0) is 9.57 Å². The lowest BCUT2D eigenvalue weighted by atomic mass is 10.0. The molecule has 0 amide bonds. The van der Waals surface area contributed by atoms with Gasteiger partial charge in [0.2, 0.25) is 6.29 Å². The predicted octanol–water partition coefficient (Wildman–Crippen LogP) is 4.82. The maximum Gasteiger partial charge on any atom is 0.232 e. The highest BCUT2D eigenvalue weighted by atomic mass is 16.8. The summed E-state index contributed by atoms with van der Waals surface area (Å²) in [7, 11) is 0. The molecule has 21 heavy (non-hydrogen) atoms. The van der Waals surface area contributed by atoms with Crippen molar-refractivity contribution in [3.8, 4) is 0 Å². The maximum atomic E-state index is 5.99. The summed E-state index contributed by atoms with van der Waals surface area (Å²) in [5.41, 5.74) is 2.27. The van der Waals surface area contributed by atoms with Crippen molar-refractivity contribution >= 4 is 16.5 Å². The highest BCUT2D eigenvalue weighted by Crippen LogP contribution is 2.26. The average Bonchev–Trinajstić information content (AvgIpc) is 2.94. The minimum Gasteiger partial charge on any atom is -0.363 e. The first-order valence-electron chi connectivity index (χ1n) is 7.62. The molecular weight excluding hydrogens is 262 g/mol. The summed E-state index contributed by atoms with van der Waals surface area (Å²) in [5, 5.41) is 6.58. The Hall–Kier alpha value is -1.87. The van der Waals surface area contributed by atoms with Crippen LogP contribution in [0.4, 0.5) is 0 Å². The van der Waals surface area contributed by atoms with Crippen LogP contribution in [0, 0.1) is 0 Å². The average molecular weight is 283 g/mol. The van der Waals surface area contributed by atoms with Crippen LogP contribution in [0.3, 0.4) is 0 Å². The lowest BCUT2D eigenvalue weighted by Gasteiger charge is -2.17. The van der Waals surface area contributed by atoms with Crippen molar-refractivity contribution in [2.24, 2.45) is 5.16 Å². The first-order chi connectivity index (χ1) is 10.3. The van der Waals surface area contributed by atoms with Crippen LogP contribution in [0.2, 0.25) is 0 Å². The summed E-state index contributed by atoms with van der Waals surface area (Å²) in [5.74, 6) is 0. The van der Waals surface area contributed by atoms with Crippen molar-refractivity contribution in [2.75, 3.05) is 0 Å². The van der Waals surface area contributed by atoms with Gasteiger partial charge in [0, 0.05) is 0 Å². The number of oxime groups is 1.